The predicted octanol–water partition coefficient (Wildman–Crippen LogP) is 2.78. The zero-order valence-electron chi connectivity index (χ0n) is 10.1. The molecule has 3 rings (SSSR count). The SMILES string of the molecule is c1ccc(N(C2=NCCN2)c2ccccc2)cc1. The Morgan fingerprint density at radius 1 is 0.833 bits per heavy atom. The van der Waals surface area contributed by atoms with Crippen molar-refractivity contribution in [2.75, 3.05) is 18.0 Å². The maximum Gasteiger partial charge on any atom is 0.203 e. The number of nitrogens with zero attached hydrogens (tertiary/aromatic N) is 2. The number of guanidine groups is 1. The summed E-state index contributed by atoms with van der Waals surface area (Å²) in [6.07, 6.45) is 0. The number of nitrogens with one attached hydrogen (secondary N) is 1. The smallest absolute Gasteiger partial charge is 0.203 e. The Morgan fingerprint density at radius 2 is 1.39 bits per heavy atom. The van der Waals surface area contributed by atoms with Crippen LogP contribution in [0.5, 0.6) is 0 Å². The van der Waals surface area contributed by atoms with Crippen molar-refractivity contribution in [3.63, 3.8) is 0 Å². The molecule has 0 bridgehead atoms. The van der Waals surface area contributed by atoms with E-state index in [0.717, 1.165) is 30.4 Å². The van der Waals surface area contributed by atoms with Crippen molar-refractivity contribution in [3.05, 3.63) is 60.7 Å². The number of para-hydroxylation sites is 2. The van der Waals surface area contributed by atoms with E-state index in [1.54, 1.807) is 0 Å². The molecule has 0 amide bonds. The molecule has 1 N–H and O–H groups in total. The number of anilines is 2. The number of hydrogen-bond acceptors (Lipinski definition) is 3. The molecule has 0 saturated heterocycles. The molecule has 18 heavy (non-hydrogen) atoms. The van der Waals surface area contributed by atoms with Gasteiger partial charge in [-0.1, -0.05) is 36.4 Å². The van der Waals surface area contributed by atoms with Crippen LogP contribution in [0.25, 0.3) is 0 Å². The average molecular weight is 237 g/mol. The van der Waals surface area contributed by atoms with E-state index >= 15 is 0 Å². The first kappa shape index (κ1) is 10.8. The highest BCUT2D eigenvalue weighted by atomic mass is 15.3. The predicted molar refractivity (Wildman–Crippen MR) is 75.3 cm³/mol. The molecule has 1 aliphatic rings. The number of aliphatic imine (C=N–C) groups is 1. The molecule has 0 fully saturated rings. The van der Waals surface area contributed by atoms with Crippen LogP contribution in [0, 0.1) is 0 Å². The summed E-state index contributed by atoms with van der Waals surface area (Å²) >= 11 is 0. The summed E-state index contributed by atoms with van der Waals surface area (Å²) in [5.74, 6) is 0.924. The Morgan fingerprint density at radius 3 is 1.83 bits per heavy atom. The lowest BCUT2D eigenvalue weighted by atomic mass is 10.2. The van der Waals surface area contributed by atoms with Gasteiger partial charge in [-0.15, -0.1) is 0 Å². The van der Waals surface area contributed by atoms with Gasteiger partial charge < -0.3 is 5.32 Å². The molecule has 1 aliphatic heterocycles. The van der Waals surface area contributed by atoms with Crippen molar-refractivity contribution in [3.8, 4) is 0 Å². The highest BCUT2D eigenvalue weighted by Crippen LogP contribution is 2.25. The van der Waals surface area contributed by atoms with Crippen molar-refractivity contribution >= 4 is 17.3 Å². The summed E-state index contributed by atoms with van der Waals surface area (Å²) in [5.41, 5.74) is 2.24. The van der Waals surface area contributed by atoms with Crippen molar-refractivity contribution in [2.24, 2.45) is 4.99 Å². The Hall–Kier alpha value is -2.29. The summed E-state index contributed by atoms with van der Waals surface area (Å²) in [4.78, 5) is 6.67. The third-order valence-electron chi connectivity index (χ3n) is 2.90. The second-order valence-corrected chi connectivity index (χ2v) is 4.14. The first-order valence-electron chi connectivity index (χ1n) is 6.14. The van der Waals surface area contributed by atoms with Crippen LogP contribution < -0.4 is 10.2 Å². The molecule has 1 heterocycles. The molecule has 90 valence electrons. The molecular formula is C15H15N3. The molecule has 0 aromatic heterocycles. The fourth-order valence-electron chi connectivity index (χ4n) is 2.08. The van der Waals surface area contributed by atoms with Gasteiger partial charge in [0.1, 0.15) is 0 Å². The van der Waals surface area contributed by atoms with Gasteiger partial charge in [-0.05, 0) is 24.3 Å². The van der Waals surface area contributed by atoms with E-state index in [1.165, 1.54) is 0 Å². The summed E-state index contributed by atoms with van der Waals surface area (Å²) in [5, 5.41) is 3.33. The quantitative estimate of drug-likeness (QED) is 0.869. The zero-order valence-corrected chi connectivity index (χ0v) is 10.1. The van der Waals surface area contributed by atoms with Crippen LogP contribution in [0.2, 0.25) is 0 Å². The lowest BCUT2D eigenvalue weighted by molar-refractivity contribution is 0.954. The van der Waals surface area contributed by atoms with Crippen LogP contribution in [0.1, 0.15) is 0 Å². The van der Waals surface area contributed by atoms with E-state index in [2.05, 4.69) is 39.5 Å². The van der Waals surface area contributed by atoms with Crippen molar-refractivity contribution in [1.29, 1.82) is 0 Å². The molecule has 0 spiro atoms. The fourth-order valence-corrected chi connectivity index (χ4v) is 2.08. The van der Waals surface area contributed by atoms with E-state index in [-0.39, 0.29) is 0 Å². The molecule has 3 nitrogen and oxygen atoms in total. The van der Waals surface area contributed by atoms with Crippen molar-refractivity contribution in [2.45, 2.75) is 0 Å². The Balaban J connectivity index is 2.04. The van der Waals surface area contributed by atoms with Gasteiger partial charge in [0, 0.05) is 17.9 Å². The lowest BCUT2D eigenvalue weighted by Gasteiger charge is -2.24. The van der Waals surface area contributed by atoms with Crippen molar-refractivity contribution in [1.82, 2.24) is 5.32 Å². The van der Waals surface area contributed by atoms with Crippen LogP contribution in [-0.2, 0) is 0 Å². The molecule has 0 atom stereocenters. The first-order valence-corrected chi connectivity index (χ1v) is 6.14. The summed E-state index contributed by atoms with van der Waals surface area (Å²) in [7, 11) is 0. The standard InChI is InChI=1S/C15H15N3/c1-3-7-13(8-4-1)18(15-16-11-12-17-15)14-9-5-2-6-10-14/h1-10H,11-12H2,(H,16,17). The Bertz CT molecular complexity index is 495. The number of hydrogen-bond donors (Lipinski definition) is 1. The molecule has 0 saturated carbocycles. The van der Waals surface area contributed by atoms with Crippen LogP contribution in [-0.4, -0.2) is 19.0 Å². The van der Waals surface area contributed by atoms with Crippen LogP contribution in [0.15, 0.2) is 65.7 Å². The lowest BCUT2D eigenvalue weighted by Crippen LogP contribution is -2.35. The van der Waals surface area contributed by atoms with Gasteiger partial charge in [-0.3, -0.25) is 9.89 Å². The summed E-state index contributed by atoms with van der Waals surface area (Å²) in [6.45, 7) is 1.75. The van der Waals surface area contributed by atoms with Gasteiger partial charge in [0.05, 0.1) is 6.54 Å². The van der Waals surface area contributed by atoms with Gasteiger partial charge >= 0.3 is 0 Å². The minimum absolute atomic E-state index is 0.839. The van der Waals surface area contributed by atoms with E-state index in [4.69, 9.17) is 0 Å². The second kappa shape index (κ2) is 4.92. The molecular weight excluding hydrogens is 222 g/mol. The monoisotopic (exact) mass is 237 g/mol. The van der Waals surface area contributed by atoms with Gasteiger partial charge in [-0.25, -0.2) is 0 Å². The first-order chi connectivity index (χ1) is 8.95. The number of benzene rings is 2. The molecule has 0 aliphatic carbocycles. The Kier molecular flexibility index (Phi) is 2.96. The zero-order chi connectivity index (χ0) is 12.2. The summed E-state index contributed by atoms with van der Waals surface area (Å²) < 4.78 is 0. The normalized spacial score (nSPS) is 13.9. The average Bonchev–Trinajstić information content (AvgIpc) is 2.95. The minimum atomic E-state index is 0.839. The molecule has 0 unspecified atom stereocenters. The van der Waals surface area contributed by atoms with Gasteiger partial charge in [0.2, 0.25) is 5.96 Å². The van der Waals surface area contributed by atoms with E-state index in [9.17, 15) is 0 Å². The molecule has 0 radical (unpaired) electrons. The maximum absolute atomic E-state index is 4.52. The Labute approximate surface area is 107 Å². The van der Waals surface area contributed by atoms with E-state index in [1.807, 2.05) is 36.4 Å². The van der Waals surface area contributed by atoms with Crippen LogP contribution in [0.4, 0.5) is 11.4 Å². The van der Waals surface area contributed by atoms with Gasteiger partial charge in [0.25, 0.3) is 0 Å². The van der Waals surface area contributed by atoms with Gasteiger partial charge in [-0.2, -0.15) is 0 Å². The van der Waals surface area contributed by atoms with Crippen molar-refractivity contribution < 1.29 is 0 Å². The largest absolute Gasteiger partial charge is 0.354 e. The third-order valence-corrected chi connectivity index (χ3v) is 2.90. The minimum Gasteiger partial charge on any atom is -0.354 e. The van der Waals surface area contributed by atoms with Crippen LogP contribution >= 0.6 is 0 Å². The second-order valence-electron chi connectivity index (χ2n) is 4.14. The van der Waals surface area contributed by atoms with E-state index in [0.29, 0.717) is 0 Å². The highest BCUT2D eigenvalue weighted by molar-refractivity contribution is 6.03. The van der Waals surface area contributed by atoms with Gasteiger partial charge in [0.15, 0.2) is 0 Å². The van der Waals surface area contributed by atoms with Crippen LogP contribution in [0.3, 0.4) is 0 Å². The highest BCUT2D eigenvalue weighted by Gasteiger charge is 2.17. The molecule has 2 aromatic rings. The maximum atomic E-state index is 4.52. The third kappa shape index (κ3) is 2.07. The molecule has 3 heteroatoms. The molecule has 2 aromatic carbocycles. The topological polar surface area (TPSA) is 27.6 Å². The number of rotatable bonds is 2. The summed E-state index contributed by atoms with van der Waals surface area (Å²) in [6, 6.07) is 20.6. The van der Waals surface area contributed by atoms with E-state index < -0.39 is 0 Å². The fraction of sp³-hybridized carbons (Fsp3) is 0.133.